The second-order valence-corrected chi connectivity index (χ2v) is 10.1. The molecule has 2 unspecified atom stereocenters. The Hall–Kier alpha value is -3.33. The summed E-state index contributed by atoms with van der Waals surface area (Å²) >= 11 is 6.56. The number of carboxylic acid groups (broad SMARTS) is 3. The van der Waals surface area contributed by atoms with Gasteiger partial charge in [-0.2, -0.15) is 0 Å². The van der Waals surface area contributed by atoms with Gasteiger partial charge < -0.3 is 40.7 Å². The molecule has 2 heterocycles. The van der Waals surface area contributed by atoms with Gasteiger partial charge in [0.05, 0.1) is 27.7 Å². The number of alkyl halides is 1. The zero-order valence-corrected chi connectivity index (χ0v) is 20.3. The van der Waals surface area contributed by atoms with Gasteiger partial charge in [-0.3, -0.25) is 4.79 Å². The summed E-state index contributed by atoms with van der Waals surface area (Å²) in [6, 6.07) is 0.308. The average Bonchev–Trinajstić information content (AvgIpc) is 3.74. The summed E-state index contributed by atoms with van der Waals surface area (Å²) in [7, 11) is 0. The maximum Gasteiger partial charge on any atom is 0.341 e. The Morgan fingerprint density at radius 1 is 1.13 bits per heavy atom. The SMILES string of the molecule is N[C@@H]1CN(c2c(F)cc3c(=O)c(C(=O)O)cn([C@@H]4C[C@@H]4F)c3c2Cl)CC12CC2.O=C(O)C(O)C(O)C(=O)O. The first-order valence-electron chi connectivity index (χ1n) is 11.5. The molecule has 1 aromatic heterocycles. The number of aromatic carboxylic acids is 1. The Balaban J connectivity index is 0.000000289. The quantitative estimate of drug-likeness (QED) is 0.289. The molecule has 2 saturated carbocycles. The van der Waals surface area contributed by atoms with Crippen LogP contribution in [0.15, 0.2) is 17.1 Å². The molecule has 5 rings (SSSR count). The summed E-state index contributed by atoms with van der Waals surface area (Å²) in [4.78, 5) is 45.4. The Labute approximate surface area is 217 Å². The van der Waals surface area contributed by atoms with Gasteiger partial charge in [-0.1, -0.05) is 11.6 Å². The molecule has 2 aliphatic carbocycles. The topological polar surface area (TPSA) is 204 Å². The molecular formula is C23H24ClF2N3O9. The van der Waals surface area contributed by atoms with Crippen LogP contribution in [0, 0.1) is 11.2 Å². The number of aliphatic carboxylic acids is 2. The van der Waals surface area contributed by atoms with Crippen LogP contribution in [-0.2, 0) is 9.59 Å². The van der Waals surface area contributed by atoms with E-state index in [-0.39, 0.29) is 39.5 Å². The molecule has 0 radical (unpaired) electrons. The van der Waals surface area contributed by atoms with Crippen LogP contribution in [0.2, 0.25) is 5.02 Å². The number of fused-ring (bicyclic) bond motifs is 1. The monoisotopic (exact) mass is 559 g/mol. The van der Waals surface area contributed by atoms with Crippen molar-refractivity contribution in [2.75, 3.05) is 18.0 Å². The lowest BCUT2D eigenvalue weighted by atomic mass is 10.0. The Kier molecular flexibility index (Phi) is 7.12. The van der Waals surface area contributed by atoms with Crippen LogP contribution in [0.4, 0.5) is 14.5 Å². The third kappa shape index (κ3) is 4.79. The number of pyridine rings is 1. The Morgan fingerprint density at radius 2 is 1.68 bits per heavy atom. The summed E-state index contributed by atoms with van der Waals surface area (Å²) in [6.07, 6.45) is -2.42. The molecule has 0 amide bonds. The molecule has 206 valence electrons. The summed E-state index contributed by atoms with van der Waals surface area (Å²) < 4.78 is 30.2. The normalized spacial score (nSPS) is 24.5. The van der Waals surface area contributed by atoms with Gasteiger partial charge in [-0.15, -0.1) is 0 Å². The van der Waals surface area contributed by atoms with Crippen molar-refractivity contribution in [3.63, 3.8) is 0 Å². The molecule has 1 spiro atoms. The van der Waals surface area contributed by atoms with Gasteiger partial charge in [0, 0.05) is 37.2 Å². The van der Waals surface area contributed by atoms with Crippen molar-refractivity contribution >= 4 is 46.1 Å². The van der Waals surface area contributed by atoms with E-state index in [0.717, 1.165) is 25.1 Å². The largest absolute Gasteiger partial charge is 0.479 e. The number of halogens is 3. The fraction of sp³-hybridized carbons (Fsp3) is 0.478. The van der Waals surface area contributed by atoms with Crippen LogP contribution in [0.3, 0.4) is 0 Å². The lowest BCUT2D eigenvalue weighted by molar-refractivity contribution is -0.165. The molecule has 7 N–H and O–H groups in total. The van der Waals surface area contributed by atoms with Gasteiger partial charge in [0.15, 0.2) is 12.2 Å². The minimum atomic E-state index is -2.27. The van der Waals surface area contributed by atoms with Crippen LogP contribution >= 0.6 is 11.6 Å². The highest BCUT2D eigenvalue weighted by Crippen LogP contribution is 2.54. The molecule has 1 aromatic carbocycles. The van der Waals surface area contributed by atoms with Gasteiger partial charge in [0.1, 0.15) is 17.6 Å². The predicted octanol–water partition coefficient (Wildman–Crippen LogP) is 0.580. The van der Waals surface area contributed by atoms with E-state index in [1.165, 1.54) is 4.57 Å². The third-order valence-electron chi connectivity index (χ3n) is 7.18. The first-order chi connectivity index (χ1) is 17.7. The van der Waals surface area contributed by atoms with E-state index < -0.39 is 59.1 Å². The summed E-state index contributed by atoms with van der Waals surface area (Å²) in [5, 5.41) is 41.7. The number of aromatic nitrogens is 1. The smallest absolute Gasteiger partial charge is 0.341 e. The lowest BCUT2D eigenvalue weighted by Crippen LogP contribution is -2.39. The van der Waals surface area contributed by atoms with E-state index in [2.05, 4.69) is 0 Å². The van der Waals surface area contributed by atoms with Crippen LogP contribution in [0.1, 0.15) is 35.7 Å². The number of aliphatic hydroxyl groups is 2. The number of hydrogen-bond acceptors (Lipinski definition) is 8. The van der Waals surface area contributed by atoms with E-state index in [0.29, 0.717) is 13.1 Å². The van der Waals surface area contributed by atoms with E-state index in [1.54, 1.807) is 4.90 Å². The van der Waals surface area contributed by atoms with Crippen LogP contribution in [0.25, 0.3) is 10.9 Å². The molecule has 5 atom stereocenters. The summed E-state index contributed by atoms with van der Waals surface area (Å²) in [6.45, 7) is 1.01. The first kappa shape index (κ1) is 27.7. The molecule has 15 heteroatoms. The van der Waals surface area contributed by atoms with Crippen molar-refractivity contribution in [3.05, 3.63) is 38.9 Å². The zero-order chi connectivity index (χ0) is 28.3. The standard InChI is InChI=1S/C19H18ClF2N3O3.C4H6O6/c20-14-15-8(17(26)9(18(27)28)5-25(15)12-4-10(12)21)3-11(22)16(14)24-6-13(23)19(7-24)1-2-19;5-1(3(7)8)2(6)4(9)10/h3,5,10,12-13H,1-2,4,6-7,23H2,(H,27,28);1-2,5-6H,(H,7,8)(H,9,10)/t10-,12+,13+;/m0./s1. The van der Waals surface area contributed by atoms with Crippen molar-refractivity contribution in [1.82, 2.24) is 4.57 Å². The Morgan fingerprint density at radius 3 is 2.11 bits per heavy atom. The molecule has 0 bridgehead atoms. The van der Waals surface area contributed by atoms with Crippen molar-refractivity contribution in [2.45, 2.75) is 49.7 Å². The molecule has 1 aliphatic heterocycles. The molecule has 3 aliphatic rings. The van der Waals surface area contributed by atoms with Crippen molar-refractivity contribution in [1.29, 1.82) is 0 Å². The minimum Gasteiger partial charge on any atom is -0.479 e. The highest BCUT2D eigenvalue weighted by Gasteiger charge is 2.54. The molecule has 38 heavy (non-hydrogen) atoms. The third-order valence-corrected chi connectivity index (χ3v) is 7.53. The molecule has 12 nitrogen and oxygen atoms in total. The van der Waals surface area contributed by atoms with Crippen LogP contribution in [-0.4, -0.2) is 85.5 Å². The molecular weight excluding hydrogens is 536 g/mol. The zero-order valence-electron chi connectivity index (χ0n) is 19.6. The van der Waals surface area contributed by atoms with Gasteiger partial charge in [0.25, 0.3) is 0 Å². The van der Waals surface area contributed by atoms with Crippen LogP contribution < -0.4 is 16.1 Å². The number of carbonyl (C=O) groups is 3. The number of nitrogens with zero attached hydrogens (tertiary/aromatic N) is 2. The van der Waals surface area contributed by atoms with Gasteiger partial charge in [0.2, 0.25) is 5.43 Å². The highest BCUT2D eigenvalue weighted by molar-refractivity contribution is 6.38. The van der Waals surface area contributed by atoms with E-state index in [4.69, 9.17) is 37.8 Å². The fourth-order valence-electron chi connectivity index (χ4n) is 4.70. The minimum absolute atomic E-state index is 0.00645. The molecule has 3 fully saturated rings. The second kappa shape index (κ2) is 9.76. The van der Waals surface area contributed by atoms with Crippen molar-refractivity contribution in [2.24, 2.45) is 11.1 Å². The average molecular weight is 560 g/mol. The van der Waals surface area contributed by atoms with E-state index in [9.17, 15) is 28.7 Å². The van der Waals surface area contributed by atoms with E-state index >= 15 is 4.39 Å². The lowest BCUT2D eigenvalue weighted by Gasteiger charge is -2.23. The number of benzene rings is 1. The second-order valence-electron chi connectivity index (χ2n) is 9.74. The van der Waals surface area contributed by atoms with Crippen LogP contribution in [0.5, 0.6) is 0 Å². The Bertz CT molecular complexity index is 1380. The summed E-state index contributed by atoms with van der Waals surface area (Å²) in [5.74, 6) is -5.69. The number of hydrogen-bond donors (Lipinski definition) is 6. The van der Waals surface area contributed by atoms with Gasteiger partial charge >= 0.3 is 17.9 Å². The molecule has 1 saturated heterocycles. The number of anilines is 1. The predicted molar refractivity (Wildman–Crippen MR) is 128 cm³/mol. The van der Waals surface area contributed by atoms with Gasteiger partial charge in [-0.05, 0) is 18.9 Å². The number of rotatable bonds is 6. The van der Waals surface area contributed by atoms with Gasteiger partial charge in [-0.25, -0.2) is 23.2 Å². The number of carboxylic acids is 3. The maximum absolute atomic E-state index is 15.0. The van der Waals surface area contributed by atoms with Crippen molar-refractivity contribution in [3.8, 4) is 0 Å². The highest BCUT2D eigenvalue weighted by atomic mass is 35.5. The summed E-state index contributed by atoms with van der Waals surface area (Å²) in [5.41, 5.74) is 5.15. The molecule has 2 aromatic rings. The first-order valence-corrected chi connectivity index (χ1v) is 11.8. The number of aliphatic hydroxyl groups excluding tert-OH is 2. The fourth-order valence-corrected chi connectivity index (χ4v) is 5.11. The maximum atomic E-state index is 15.0. The number of nitrogens with two attached hydrogens (primary N) is 1. The van der Waals surface area contributed by atoms with E-state index in [1.807, 2.05) is 0 Å². The van der Waals surface area contributed by atoms with Crippen molar-refractivity contribution < 1.29 is 48.7 Å².